The van der Waals surface area contributed by atoms with Crippen molar-refractivity contribution in [1.29, 1.82) is 0 Å². The smallest absolute Gasteiger partial charge is 0.200 e. The van der Waals surface area contributed by atoms with E-state index in [0.29, 0.717) is 5.65 Å². The zero-order valence-corrected chi connectivity index (χ0v) is 9.61. The van der Waals surface area contributed by atoms with E-state index < -0.39 is 0 Å². The minimum absolute atomic E-state index is 0.635. The van der Waals surface area contributed by atoms with E-state index in [2.05, 4.69) is 35.9 Å². The second kappa shape index (κ2) is 4.78. The number of aromatic amines is 1. The van der Waals surface area contributed by atoms with Crippen LogP contribution >= 0.6 is 0 Å². The van der Waals surface area contributed by atoms with Gasteiger partial charge in [-0.1, -0.05) is 0 Å². The number of rotatable bonds is 5. The van der Waals surface area contributed by atoms with Gasteiger partial charge in [0.15, 0.2) is 5.65 Å². The highest BCUT2D eigenvalue weighted by Gasteiger charge is 2.00. The summed E-state index contributed by atoms with van der Waals surface area (Å²) in [7, 11) is 0. The van der Waals surface area contributed by atoms with Gasteiger partial charge in [-0.3, -0.25) is 0 Å². The lowest BCUT2D eigenvalue weighted by molar-refractivity contribution is 0.730. The van der Waals surface area contributed by atoms with Crippen LogP contribution in [0, 0.1) is 0 Å². The molecule has 0 aliphatic heterocycles. The Morgan fingerprint density at radius 2 is 2.33 bits per heavy atom. The average Bonchev–Trinajstić information content (AvgIpc) is 3.05. The van der Waals surface area contributed by atoms with Crippen molar-refractivity contribution >= 4 is 11.5 Å². The summed E-state index contributed by atoms with van der Waals surface area (Å²) in [5.74, 6) is 1.76. The molecule has 0 amide bonds. The van der Waals surface area contributed by atoms with Crippen molar-refractivity contribution in [3.8, 4) is 0 Å². The van der Waals surface area contributed by atoms with Crippen molar-refractivity contribution in [3.63, 3.8) is 0 Å². The Morgan fingerprint density at radius 1 is 1.33 bits per heavy atom. The van der Waals surface area contributed by atoms with Crippen LogP contribution in [0.15, 0.2) is 24.5 Å². The quantitative estimate of drug-likeness (QED) is 0.626. The molecular weight excluding hydrogens is 232 g/mol. The summed E-state index contributed by atoms with van der Waals surface area (Å²) in [5.41, 5.74) is 0.635. The van der Waals surface area contributed by atoms with Gasteiger partial charge in [0.05, 0.1) is 0 Å². The third-order valence-corrected chi connectivity index (χ3v) is 2.52. The lowest BCUT2D eigenvalue weighted by atomic mass is 10.3. The highest BCUT2D eigenvalue weighted by molar-refractivity contribution is 5.41. The summed E-state index contributed by atoms with van der Waals surface area (Å²) >= 11 is 0. The maximum absolute atomic E-state index is 4.22. The van der Waals surface area contributed by atoms with Crippen LogP contribution in [-0.4, -0.2) is 41.8 Å². The first-order valence-corrected chi connectivity index (χ1v) is 5.69. The summed E-state index contributed by atoms with van der Waals surface area (Å²) in [6, 6.07) is 3.68. The van der Waals surface area contributed by atoms with Gasteiger partial charge < -0.3 is 10.3 Å². The van der Waals surface area contributed by atoms with Gasteiger partial charge in [0.25, 0.3) is 0 Å². The minimum Gasteiger partial charge on any atom is -0.369 e. The predicted octanol–water partition coefficient (Wildman–Crippen LogP) is 0.287. The van der Waals surface area contributed by atoms with E-state index in [1.807, 2.05) is 18.3 Å². The molecule has 92 valence electrons. The second-order valence-corrected chi connectivity index (χ2v) is 3.81. The fraction of sp³-hybridized carbons (Fsp3) is 0.300. The van der Waals surface area contributed by atoms with Crippen LogP contribution in [0.25, 0.3) is 5.65 Å². The van der Waals surface area contributed by atoms with Crippen molar-refractivity contribution in [2.45, 2.75) is 12.8 Å². The highest BCUT2D eigenvalue weighted by atomic mass is 15.6. The fourth-order valence-corrected chi connectivity index (χ4v) is 1.65. The van der Waals surface area contributed by atoms with Crippen LogP contribution in [0.2, 0.25) is 0 Å². The number of aryl methyl sites for hydroxylation is 1. The first kappa shape index (κ1) is 10.6. The second-order valence-electron chi connectivity index (χ2n) is 3.81. The van der Waals surface area contributed by atoms with Crippen LogP contribution < -0.4 is 5.32 Å². The number of imidazole rings is 1. The monoisotopic (exact) mass is 244 g/mol. The van der Waals surface area contributed by atoms with Gasteiger partial charge >= 0.3 is 0 Å². The number of nitrogens with one attached hydrogen (secondary N) is 2. The maximum Gasteiger partial charge on any atom is 0.200 e. The Hall–Kier alpha value is -2.51. The van der Waals surface area contributed by atoms with E-state index in [-0.39, 0.29) is 0 Å². The van der Waals surface area contributed by atoms with Gasteiger partial charge in [-0.2, -0.15) is 0 Å². The zero-order valence-electron chi connectivity index (χ0n) is 9.61. The Bertz CT molecular complexity index is 614. The third kappa shape index (κ3) is 2.26. The Labute approximate surface area is 102 Å². The van der Waals surface area contributed by atoms with E-state index in [1.54, 1.807) is 6.20 Å². The molecule has 8 nitrogen and oxygen atoms in total. The van der Waals surface area contributed by atoms with Gasteiger partial charge in [0.1, 0.15) is 11.6 Å². The molecule has 3 heterocycles. The third-order valence-electron chi connectivity index (χ3n) is 2.52. The lowest BCUT2D eigenvalue weighted by Crippen LogP contribution is -2.07. The molecule has 0 unspecified atom stereocenters. The van der Waals surface area contributed by atoms with E-state index in [9.17, 15) is 0 Å². The summed E-state index contributed by atoms with van der Waals surface area (Å²) in [5, 5.41) is 18.5. The van der Waals surface area contributed by atoms with Crippen LogP contribution in [0.1, 0.15) is 12.2 Å². The van der Waals surface area contributed by atoms with Crippen LogP contribution in [0.4, 0.5) is 5.82 Å². The molecular formula is C10H12N8. The van der Waals surface area contributed by atoms with Crippen molar-refractivity contribution in [3.05, 3.63) is 30.4 Å². The van der Waals surface area contributed by atoms with E-state index in [1.165, 1.54) is 4.63 Å². The molecule has 0 aromatic carbocycles. The van der Waals surface area contributed by atoms with Crippen LogP contribution in [-0.2, 0) is 6.42 Å². The Morgan fingerprint density at radius 3 is 3.22 bits per heavy atom. The molecule has 0 spiro atoms. The first-order valence-electron chi connectivity index (χ1n) is 5.69. The number of hydrogen-bond acceptors (Lipinski definition) is 6. The van der Waals surface area contributed by atoms with Gasteiger partial charge in [0.2, 0.25) is 0 Å². The van der Waals surface area contributed by atoms with Gasteiger partial charge in [-0.15, -0.1) is 14.8 Å². The molecule has 0 aliphatic carbocycles. The molecule has 0 fully saturated rings. The number of hydrogen-bond donors (Lipinski definition) is 2. The van der Waals surface area contributed by atoms with Gasteiger partial charge in [0, 0.05) is 25.4 Å². The predicted molar refractivity (Wildman–Crippen MR) is 64.0 cm³/mol. The summed E-state index contributed by atoms with van der Waals surface area (Å²) in [6.45, 7) is 0.821. The molecule has 18 heavy (non-hydrogen) atoms. The van der Waals surface area contributed by atoms with E-state index >= 15 is 0 Å². The largest absolute Gasteiger partial charge is 0.369 e. The normalized spacial score (nSPS) is 10.9. The molecule has 0 aliphatic rings. The molecule has 0 bridgehead atoms. The highest BCUT2D eigenvalue weighted by Crippen LogP contribution is 2.03. The average molecular weight is 244 g/mol. The molecule has 3 aromatic rings. The maximum atomic E-state index is 4.22. The van der Waals surface area contributed by atoms with Crippen molar-refractivity contribution < 1.29 is 0 Å². The van der Waals surface area contributed by atoms with Crippen LogP contribution in [0.5, 0.6) is 0 Å². The molecule has 0 saturated heterocycles. The summed E-state index contributed by atoms with van der Waals surface area (Å²) in [4.78, 5) is 7.24. The summed E-state index contributed by atoms with van der Waals surface area (Å²) < 4.78 is 1.40. The number of H-pyrrole nitrogens is 1. The number of tetrazole rings is 1. The van der Waals surface area contributed by atoms with Crippen LogP contribution in [0.3, 0.4) is 0 Å². The zero-order chi connectivity index (χ0) is 12.2. The minimum atomic E-state index is 0.635. The van der Waals surface area contributed by atoms with Crippen molar-refractivity contribution in [2.24, 2.45) is 0 Å². The van der Waals surface area contributed by atoms with Gasteiger partial charge in [-0.05, 0) is 29.0 Å². The van der Waals surface area contributed by atoms with Gasteiger partial charge in [-0.25, -0.2) is 4.98 Å². The molecule has 0 radical (unpaired) electrons. The number of fused-ring (bicyclic) bond motifs is 1. The summed E-state index contributed by atoms with van der Waals surface area (Å²) in [6.07, 6.45) is 5.47. The SMILES string of the molecule is c1c[nH]c(CCCNc2ccc3nnnn3n2)n1. The molecule has 3 rings (SSSR count). The fourth-order valence-electron chi connectivity index (χ4n) is 1.65. The van der Waals surface area contributed by atoms with Crippen molar-refractivity contribution in [2.75, 3.05) is 11.9 Å². The topological polar surface area (TPSA) is 96.7 Å². The molecule has 0 saturated carbocycles. The first-order chi connectivity index (χ1) is 8.92. The standard InChI is InChI=1S/C10H12N8/c1(2-8-12-6-7-13-8)5-11-9-3-4-10-14-16-17-18(10)15-9/h3-4,6-7H,1-2,5H2,(H,11,15)(H,12,13). The van der Waals surface area contributed by atoms with E-state index in [4.69, 9.17) is 0 Å². The molecule has 3 aromatic heterocycles. The molecule has 0 atom stereocenters. The number of nitrogens with zero attached hydrogens (tertiary/aromatic N) is 6. The Kier molecular flexibility index (Phi) is 2.82. The Balaban J connectivity index is 1.53. The number of aromatic nitrogens is 7. The number of anilines is 1. The lowest BCUT2D eigenvalue weighted by Gasteiger charge is -2.03. The molecule has 2 N–H and O–H groups in total. The van der Waals surface area contributed by atoms with Crippen molar-refractivity contribution in [1.82, 2.24) is 35.2 Å². The van der Waals surface area contributed by atoms with E-state index in [0.717, 1.165) is 31.0 Å². The molecule has 8 heteroatoms.